The van der Waals surface area contributed by atoms with Gasteiger partial charge in [-0.15, -0.1) is 0 Å². The molecule has 6 N–H and O–H groups in total. The molecule has 1 rings (SSSR count). The van der Waals surface area contributed by atoms with Crippen LogP contribution >= 0.6 is 0 Å². The number of nitrogens with two attached hydrogens (primary N) is 3. The molecule has 0 spiro atoms. The molecular weight excluding hydrogens is 225 g/mol. The number of hydrogen-bond donors (Lipinski definition) is 3. The van der Waals surface area contributed by atoms with E-state index in [2.05, 4.69) is 9.98 Å². The predicted octanol–water partition coefficient (Wildman–Crippen LogP) is 0.444. The maximum Gasteiger partial charge on any atom is 0.223 e. The second-order valence-corrected chi connectivity index (χ2v) is 3.05. The minimum atomic E-state index is -0.454. The first kappa shape index (κ1) is 12.8. The Morgan fingerprint density at radius 3 is 2.65 bits per heavy atom. The van der Waals surface area contributed by atoms with Crippen molar-refractivity contribution in [3.63, 3.8) is 0 Å². The summed E-state index contributed by atoms with van der Waals surface area (Å²) >= 11 is 0. The van der Waals surface area contributed by atoms with Gasteiger partial charge in [-0.25, -0.2) is 9.38 Å². The number of halogens is 1. The summed E-state index contributed by atoms with van der Waals surface area (Å²) in [6.07, 6.45) is 0. The van der Waals surface area contributed by atoms with Crippen molar-refractivity contribution in [2.45, 2.75) is 6.92 Å². The van der Waals surface area contributed by atoms with E-state index in [9.17, 15) is 4.39 Å². The molecule has 0 amide bonds. The average Bonchev–Trinajstić information content (AvgIpc) is 2.21. The Labute approximate surface area is 98.0 Å². The van der Waals surface area contributed by atoms with E-state index in [1.165, 1.54) is 18.2 Å². The van der Waals surface area contributed by atoms with Crippen molar-refractivity contribution in [3.05, 3.63) is 24.0 Å². The topological polar surface area (TPSA) is 112 Å². The largest absolute Gasteiger partial charge is 0.492 e. The molecule has 17 heavy (non-hydrogen) atoms. The molecule has 0 aliphatic rings. The Hall–Kier alpha value is -2.31. The van der Waals surface area contributed by atoms with Gasteiger partial charge in [0.15, 0.2) is 5.96 Å². The van der Waals surface area contributed by atoms with Gasteiger partial charge in [0.05, 0.1) is 6.61 Å². The molecule has 0 saturated heterocycles. The van der Waals surface area contributed by atoms with Crippen LogP contribution in [-0.4, -0.2) is 18.5 Å². The first-order valence-electron chi connectivity index (χ1n) is 4.89. The van der Waals surface area contributed by atoms with Crippen LogP contribution in [0.1, 0.15) is 6.92 Å². The Kier molecular flexibility index (Phi) is 4.27. The first-order valence-corrected chi connectivity index (χ1v) is 4.89. The third-order valence-electron chi connectivity index (χ3n) is 1.70. The first-order chi connectivity index (χ1) is 8.02. The van der Waals surface area contributed by atoms with E-state index in [1.807, 2.05) is 0 Å². The zero-order valence-corrected chi connectivity index (χ0v) is 9.35. The van der Waals surface area contributed by atoms with Crippen LogP contribution in [0.25, 0.3) is 0 Å². The molecule has 0 saturated carbocycles. The van der Waals surface area contributed by atoms with E-state index in [-0.39, 0.29) is 17.6 Å². The van der Waals surface area contributed by atoms with E-state index >= 15 is 0 Å². The molecule has 0 heterocycles. The van der Waals surface area contributed by atoms with Gasteiger partial charge in [-0.1, -0.05) is 0 Å². The molecule has 0 aliphatic carbocycles. The fraction of sp³-hybridized carbons (Fsp3) is 0.200. The van der Waals surface area contributed by atoms with Crippen LogP contribution in [0.4, 0.5) is 10.1 Å². The zero-order valence-electron chi connectivity index (χ0n) is 9.35. The number of hydrogen-bond acceptors (Lipinski definition) is 2. The van der Waals surface area contributed by atoms with Crippen LogP contribution in [0.2, 0.25) is 0 Å². The van der Waals surface area contributed by atoms with E-state index < -0.39 is 5.82 Å². The normalized spacial score (nSPS) is 11.1. The zero-order chi connectivity index (χ0) is 12.8. The number of ether oxygens (including phenoxy) is 1. The van der Waals surface area contributed by atoms with E-state index in [0.717, 1.165) is 0 Å². The van der Waals surface area contributed by atoms with Gasteiger partial charge in [-0.05, 0) is 19.1 Å². The highest BCUT2D eigenvalue weighted by Gasteiger charge is 2.04. The van der Waals surface area contributed by atoms with E-state index in [1.54, 1.807) is 6.92 Å². The summed E-state index contributed by atoms with van der Waals surface area (Å²) < 4.78 is 18.3. The van der Waals surface area contributed by atoms with Gasteiger partial charge in [-0.2, -0.15) is 4.99 Å². The SMILES string of the molecule is CCOc1ccc(F)cc1N=C(N)N=C(N)N. The van der Waals surface area contributed by atoms with Crippen molar-refractivity contribution < 1.29 is 9.13 Å². The summed E-state index contributed by atoms with van der Waals surface area (Å²) in [6, 6.07) is 3.90. The smallest absolute Gasteiger partial charge is 0.223 e. The van der Waals surface area contributed by atoms with Crippen LogP contribution in [0.5, 0.6) is 5.75 Å². The lowest BCUT2D eigenvalue weighted by molar-refractivity contribution is 0.341. The van der Waals surface area contributed by atoms with Gasteiger partial charge in [0.1, 0.15) is 17.3 Å². The highest BCUT2D eigenvalue weighted by Crippen LogP contribution is 2.28. The van der Waals surface area contributed by atoms with Crippen molar-refractivity contribution in [3.8, 4) is 5.75 Å². The molecule has 0 atom stereocenters. The Bertz CT molecular complexity index is 454. The number of nitrogens with zero attached hydrogens (tertiary/aromatic N) is 2. The summed E-state index contributed by atoms with van der Waals surface area (Å²) in [5, 5.41) is 0. The van der Waals surface area contributed by atoms with Crippen molar-refractivity contribution >= 4 is 17.6 Å². The van der Waals surface area contributed by atoms with Crippen molar-refractivity contribution in [1.29, 1.82) is 0 Å². The lowest BCUT2D eigenvalue weighted by atomic mass is 10.3. The second kappa shape index (κ2) is 5.69. The maximum absolute atomic E-state index is 13.0. The van der Waals surface area contributed by atoms with Gasteiger partial charge in [-0.3, -0.25) is 0 Å². The van der Waals surface area contributed by atoms with Crippen molar-refractivity contribution in [1.82, 2.24) is 0 Å². The Morgan fingerprint density at radius 1 is 1.35 bits per heavy atom. The third-order valence-corrected chi connectivity index (χ3v) is 1.70. The lowest BCUT2D eigenvalue weighted by Crippen LogP contribution is -2.26. The van der Waals surface area contributed by atoms with E-state index in [4.69, 9.17) is 21.9 Å². The quantitative estimate of drug-likeness (QED) is 0.524. The van der Waals surface area contributed by atoms with Gasteiger partial charge in [0.25, 0.3) is 0 Å². The molecule has 0 fully saturated rings. The standard InChI is InChI=1S/C10H14FN5O/c1-2-17-8-4-3-6(11)5-7(8)15-10(14)16-9(12)13/h3-5H,2H2,1H3,(H6,12,13,14,15,16). The molecule has 0 bridgehead atoms. The van der Waals surface area contributed by atoms with Gasteiger partial charge >= 0.3 is 0 Å². The number of aliphatic imine (C=N–C) groups is 2. The molecule has 6 nitrogen and oxygen atoms in total. The number of benzene rings is 1. The van der Waals surface area contributed by atoms with Crippen LogP contribution in [-0.2, 0) is 0 Å². The van der Waals surface area contributed by atoms with Crippen LogP contribution in [0, 0.1) is 5.82 Å². The molecular formula is C10H14FN5O. The maximum atomic E-state index is 13.0. The van der Waals surface area contributed by atoms with Crippen LogP contribution < -0.4 is 21.9 Å². The fourth-order valence-corrected chi connectivity index (χ4v) is 1.14. The Balaban J connectivity index is 3.11. The summed E-state index contributed by atoms with van der Waals surface area (Å²) in [4.78, 5) is 7.39. The average molecular weight is 239 g/mol. The molecule has 0 aromatic heterocycles. The Morgan fingerprint density at radius 2 is 2.06 bits per heavy atom. The third kappa shape index (κ3) is 3.98. The fourth-order valence-electron chi connectivity index (χ4n) is 1.14. The number of guanidine groups is 2. The number of rotatable bonds is 3. The molecule has 0 unspecified atom stereocenters. The van der Waals surface area contributed by atoms with Gasteiger partial charge < -0.3 is 21.9 Å². The van der Waals surface area contributed by atoms with E-state index in [0.29, 0.717) is 12.4 Å². The summed E-state index contributed by atoms with van der Waals surface area (Å²) in [7, 11) is 0. The highest BCUT2D eigenvalue weighted by atomic mass is 19.1. The molecule has 1 aromatic rings. The van der Waals surface area contributed by atoms with Crippen molar-refractivity contribution in [2.24, 2.45) is 27.2 Å². The van der Waals surface area contributed by atoms with Gasteiger partial charge in [0, 0.05) is 6.07 Å². The summed E-state index contributed by atoms with van der Waals surface area (Å²) in [5.41, 5.74) is 15.9. The molecule has 1 aromatic carbocycles. The van der Waals surface area contributed by atoms with Crippen molar-refractivity contribution in [2.75, 3.05) is 6.61 Å². The monoisotopic (exact) mass is 239 g/mol. The lowest BCUT2D eigenvalue weighted by Gasteiger charge is -2.06. The minimum absolute atomic E-state index is 0.170. The molecule has 92 valence electrons. The predicted molar refractivity (Wildman–Crippen MR) is 64.7 cm³/mol. The molecule has 7 heteroatoms. The molecule has 0 radical (unpaired) electrons. The summed E-state index contributed by atoms with van der Waals surface area (Å²) in [6.45, 7) is 2.23. The minimum Gasteiger partial charge on any atom is -0.492 e. The van der Waals surface area contributed by atoms with Gasteiger partial charge in [0.2, 0.25) is 5.96 Å². The molecule has 0 aliphatic heterocycles. The summed E-state index contributed by atoms with van der Waals surface area (Å²) in [5.74, 6) is -0.440. The van der Waals surface area contributed by atoms with Crippen LogP contribution in [0.3, 0.4) is 0 Å². The highest BCUT2D eigenvalue weighted by molar-refractivity contribution is 5.93. The van der Waals surface area contributed by atoms with Crippen LogP contribution in [0.15, 0.2) is 28.2 Å². The second-order valence-electron chi connectivity index (χ2n) is 3.05.